The molecule has 0 spiro atoms. The Bertz CT molecular complexity index is 783. The number of nitrogens with zero attached hydrogens (tertiary/aromatic N) is 2. The number of benzene rings is 2. The average molecular weight is 465 g/mol. The van der Waals surface area contributed by atoms with Gasteiger partial charge in [-0.05, 0) is 68.9 Å². The first kappa shape index (κ1) is 14.3. The van der Waals surface area contributed by atoms with Gasteiger partial charge in [-0.15, -0.1) is 11.6 Å². The molecule has 0 atom stereocenters. The zero-order valence-electron chi connectivity index (χ0n) is 10.1. The highest BCUT2D eigenvalue weighted by atomic mass is 127. The molecule has 0 aliphatic heterocycles. The van der Waals surface area contributed by atoms with E-state index in [1.165, 1.54) is 6.07 Å². The van der Waals surface area contributed by atoms with Gasteiger partial charge in [-0.2, -0.15) is 0 Å². The predicted molar refractivity (Wildman–Crippen MR) is 91.0 cm³/mol. The van der Waals surface area contributed by atoms with Gasteiger partial charge in [0.05, 0.1) is 22.6 Å². The van der Waals surface area contributed by atoms with Crippen molar-refractivity contribution >= 4 is 61.2 Å². The Morgan fingerprint density at radius 3 is 2.80 bits per heavy atom. The molecule has 0 fully saturated rings. The maximum atomic E-state index is 14.2. The Labute approximate surface area is 142 Å². The molecule has 0 bridgehead atoms. The van der Waals surface area contributed by atoms with Crippen LogP contribution in [0, 0.1) is 9.39 Å². The van der Waals surface area contributed by atoms with Gasteiger partial charge in [-0.1, -0.05) is 6.07 Å². The third-order valence-corrected chi connectivity index (χ3v) is 4.52. The second-order valence-electron chi connectivity index (χ2n) is 4.20. The van der Waals surface area contributed by atoms with Gasteiger partial charge >= 0.3 is 0 Å². The largest absolute Gasteiger partial charge is 0.291 e. The Morgan fingerprint density at radius 2 is 2.10 bits per heavy atom. The number of hydrogen-bond donors (Lipinski definition) is 0. The van der Waals surface area contributed by atoms with Crippen molar-refractivity contribution in [3.05, 3.63) is 56.1 Å². The number of rotatable bonds is 2. The highest BCUT2D eigenvalue weighted by molar-refractivity contribution is 14.1. The molecule has 0 aliphatic rings. The number of alkyl halides is 1. The molecule has 2 aromatic carbocycles. The maximum absolute atomic E-state index is 14.2. The fourth-order valence-corrected chi connectivity index (χ4v) is 3.32. The second kappa shape index (κ2) is 5.61. The SMILES string of the molecule is Fc1cccc(Br)c1-n1c(CCl)nc2cc(I)ccc21. The summed E-state index contributed by atoms with van der Waals surface area (Å²) >= 11 is 11.6. The van der Waals surface area contributed by atoms with E-state index < -0.39 is 0 Å². The van der Waals surface area contributed by atoms with Crippen molar-refractivity contribution in [2.45, 2.75) is 5.88 Å². The molecule has 0 saturated carbocycles. The smallest absolute Gasteiger partial charge is 0.148 e. The quantitative estimate of drug-likeness (QED) is 0.373. The molecule has 1 heterocycles. The van der Waals surface area contributed by atoms with Crippen LogP contribution in [0.4, 0.5) is 4.39 Å². The zero-order valence-corrected chi connectivity index (χ0v) is 14.6. The Balaban J connectivity index is 2.40. The molecule has 0 amide bonds. The summed E-state index contributed by atoms with van der Waals surface area (Å²) in [6.45, 7) is 0. The molecule has 1 aromatic heterocycles. The third-order valence-electron chi connectivity index (χ3n) is 2.97. The molecule has 0 saturated heterocycles. The highest BCUT2D eigenvalue weighted by Crippen LogP contribution is 2.30. The van der Waals surface area contributed by atoms with Crippen LogP contribution in [0.2, 0.25) is 0 Å². The summed E-state index contributed by atoms with van der Waals surface area (Å²) in [5, 5.41) is 0. The first-order valence-electron chi connectivity index (χ1n) is 5.79. The minimum Gasteiger partial charge on any atom is -0.291 e. The number of fused-ring (bicyclic) bond motifs is 1. The van der Waals surface area contributed by atoms with Crippen LogP contribution in [0.25, 0.3) is 16.7 Å². The molecular formula is C14H8BrClFIN2. The second-order valence-corrected chi connectivity index (χ2v) is 6.57. The lowest BCUT2D eigenvalue weighted by Gasteiger charge is -2.11. The number of para-hydroxylation sites is 1. The highest BCUT2D eigenvalue weighted by Gasteiger charge is 2.17. The third kappa shape index (κ3) is 2.35. The van der Waals surface area contributed by atoms with E-state index in [0.29, 0.717) is 16.0 Å². The lowest BCUT2D eigenvalue weighted by molar-refractivity contribution is 0.616. The van der Waals surface area contributed by atoms with Crippen LogP contribution in [0.15, 0.2) is 40.9 Å². The van der Waals surface area contributed by atoms with Crippen molar-refractivity contribution in [3.63, 3.8) is 0 Å². The van der Waals surface area contributed by atoms with Gasteiger partial charge in [0.15, 0.2) is 0 Å². The number of hydrogen-bond acceptors (Lipinski definition) is 1. The van der Waals surface area contributed by atoms with Gasteiger partial charge in [-0.25, -0.2) is 9.37 Å². The monoisotopic (exact) mass is 464 g/mol. The van der Waals surface area contributed by atoms with E-state index in [-0.39, 0.29) is 11.7 Å². The van der Waals surface area contributed by atoms with Crippen LogP contribution in [-0.2, 0) is 5.88 Å². The van der Waals surface area contributed by atoms with Crippen LogP contribution >= 0.6 is 50.1 Å². The van der Waals surface area contributed by atoms with Gasteiger partial charge < -0.3 is 0 Å². The molecule has 0 N–H and O–H groups in total. The van der Waals surface area contributed by atoms with Crippen LogP contribution in [0.3, 0.4) is 0 Å². The molecule has 20 heavy (non-hydrogen) atoms. The van der Waals surface area contributed by atoms with E-state index in [2.05, 4.69) is 43.5 Å². The molecular weight excluding hydrogens is 457 g/mol. The van der Waals surface area contributed by atoms with E-state index in [9.17, 15) is 4.39 Å². The van der Waals surface area contributed by atoms with Gasteiger partial charge in [0.2, 0.25) is 0 Å². The van der Waals surface area contributed by atoms with Crippen LogP contribution in [0.1, 0.15) is 5.82 Å². The molecule has 102 valence electrons. The molecule has 3 rings (SSSR count). The van der Waals surface area contributed by atoms with Gasteiger partial charge in [-0.3, -0.25) is 4.57 Å². The van der Waals surface area contributed by atoms with Crippen molar-refractivity contribution in [1.29, 1.82) is 0 Å². The fourth-order valence-electron chi connectivity index (χ4n) is 2.15. The van der Waals surface area contributed by atoms with E-state index in [4.69, 9.17) is 11.6 Å². The minimum absolute atomic E-state index is 0.214. The summed E-state index contributed by atoms with van der Waals surface area (Å²) < 4.78 is 17.7. The first-order chi connectivity index (χ1) is 9.61. The van der Waals surface area contributed by atoms with E-state index >= 15 is 0 Å². The molecule has 6 heteroatoms. The summed E-state index contributed by atoms with van der Waals surface area (Å²) in [7, 11) is 0. The van der Waals surface area contributed by atoms with Gasteiger partial charge in [0.1, 0.15) is 11.6 Å². The summed E-state index contributed by atoms with van der Waals surface area (Å²) in [5.74, 6) is 0.518. The van der Waals surface area contributed by atoms with Crippen LogP contribution < -0.4 is 0 Å². The Hall–Kier alpha value is -0.660. The fraction of sp³-hybridized carbons (Fsp3) is 0.0714. The number of aromatic nitrogens is 2. The number of imidazole rings is 1. The summed E-state index contributed by atoms with van der Waals surface area (Å²) in [6.07, 6.45) is 0. The van der Waals surface area contributed by atoms with Crippen LogP contribution in [0.5, 0.6) is 0 Å². The van der Waals surface area contributed by atoms with Crippen molar-refractivity contribution in [1.82, 2.24) is 9.55 Å². The van der Waals surface area contributed by atoms with E-state index in [0.717, 1.165) is 14.6 Å². The van der Waals surface area contributed by atoms with Crippen molar-refractivity contribution < 1.29 is 4.39 Å². The normalized spacial score (nSPS) is 11.2. The molecule has 3 aromatic rings. The van der Waals surface area contributed by atoms with Crippen molar-refractivity contribution in [2.75, 3.05) is 0 Å². The molecule has 0 aliphatic carbocycles. The molecule has 0 unspecified atom stereocenters. The average Bonchev–Trinajstić information content (AvgIpc) is 2.76. The number of halogens is 4. The zero-order chi connectivity index (χ0) is 14.3. The molecule has 2 nitrogen and oxygen atoms in total. The van der Waals surface area contributed by atoms with Gasteiger partial charge in [0.25, 0.3) is 0 Å². The molecule has 0 radical (unpaired) electrons. The van der Waals surface area contributed by atoms with E-state index in [1.54, 1.807) is 16.7 Å². The van der Waals surface area contributed by atoms with Crippen molar-refractivity contribution in [3.8, 4) is 5.69 Å². The summed E-state index contributed by atoms with van der Waals surface area (Å²) in [5.41, 5.74) is 2.08. The summed E-state index contributed by atoms with van der Waals surface area (Å²) in [6, 6.07) is 10.7. The van der Waals surface area contributed by atoms with E-state index in [1.807, 2.05) is 18.2 Å². The first-order valence-corrected chi connectivity index (χ1v) is 8.19. The standard InChI is InChI=1S/C14H8BrClFIN2/c15-9-2-1-3-10(17)14(9)20-12-5-4-8(18)6-11(12)19-13(20)7-16/h1-6H,7H2. The Kier molecular flexibility index (Phi) is 4.01. The van der Waals surface area contributed by atoms with Crippen molar-refractivity contribution in [2.24, 2.45) is 0 Å². The minimum atomic E-state index is -0.316. The van der Waals surface area contributed by atoms with Gasteiger partial charge in [0, 0.05) is 8.04 Å². The lowest BCUT2D eigenvalue weighted by atomic mass is 10.2. The lowest BCUT2D eigenvalue weighted by Crippen LogP contribution is -2.03. The predicted octanol–water partition coefficient (Wildman–Crippen LogP) is 5.27. The maximum Gasteiger partial charge on any atom is 0.148 e. The van der Waals surface area contributed by atoms with Crippen LogP contribution in [-0.4, -0.2) is 9.55 Å². The topological polar surface area (TPSA) is 17.8 Å². The Morgan fingerprint density at radius 1 is 1.30 bits per heavy atom. The summed E-state index contributed by atoms with van der Waals surface area (Å²) in [4.78, 5) is 4.49.